The Bertz CT molecular complexity index is 175. The van der Waals surface area contributed by atoms with Crippen LogP contribution in [-0.4, -0.2) is 17.3 Å². The molecule has 0 radical (unpaired) electrons. The van der Waals surface area contributed by atoms with E-state index in [-0.39, 0.29) is 5.41 Å². The van der Waals surface area contributed by atoms with Crippen LogP contribution in [0.2, 0.25) is 0 Å². The van der Waals surface area contributed by atoms with Crippen LogP contribution in [-0.2, 0) is 0 Å². The standard InChI is InChI=1S/C12H25NO/c1-3-7-12(14,4-2)11(10-13)8-5-6-9-11/h14H,3-10,13H2,1-2H3. The summed E-state index contributed by atoms with van der Waals surface area (Å²) in [5, 5.41) is 10.7. The predicted octanol–water partition coefficient (Wildman–Crippen LogP) is 2.45. The normalized spacial score (nSPS) is 24.9. The van der Waals surface area contributed by atoms with Crippen molar-refractivity contribution >= 4 is 0 Å². The lowest BCUT2D eigenvalue weighted by atomic mass is 9.67. The molecule has 0 aromatic carbocycles. The van der Waals surface area contributed by atoms with E-state index in [1.165, 1.54) is 12.8 Å². The van der Waals surface area contributed by atoms with Gasteiger partial charge in [0.1, 0.15) is 0 Å². The van der Waals surface area contributed by atoms with Crippen LogP contribution in [0, 0.1) is 5.41 Å². The van der Waals surface area contributed by atoms with Crippen LogP contribution in [0.3, 0.4) is 0 Å². The first-order valence-corrected chi connectivity index (χ1v) is 6.06. The highest BCUT2D eigenvalue weighted by Crippen LogP contribution is 2.49. The summed E-state index contributed by atoms with van der Waals surface area (Å²) in [4.78, 5) is 0. The summed E-state index contributed by atoms with van der Waals surface area (Å²) in [6, 6.07) is 0. The maximum absolute atomic E-state index is 10.7. The molecular weight excluding hydrogens is 174 g/mol. The van der Waals surface area contributed by atoms with Crippen molar-refractivity contribution in [3.63, 3.8) is 0 Å². The third kappa shape index (κ3) is 1.82. The molecule has 0 aromatic heterocycles. The Labute approximate surface area is 87.9 Å². The van der Waals surface area contributed by atoms with Gasteiger partial charge in [0.05, 0.1) is 5.60 Å². The first-order chi connectivity index (χ1) is 6.64. The lowest BCUT2D eigenvalue weighted by Gasteiger charge is -2.44. The molecule has 1 atom stereocenters. The van der Waals surface area contributed by atoms with E-state index in [1.807, 2.05) is 0 Å². The van der Waals surface area contributed by atoms with Gasteiger partial charge in [-0.3, -0.25) is 0 Å². The van der Waals surface area contributed by atoms with Gasteiger partial charge in [0.15, 0.2) is 0 Å². The van der Waals surface area contributed by atoms with Gasteiger partial charge in [-0.25, -0.2) is 0 Å². The van der Waals surface area contributed by atoms with E-state index in [2.05, 4.69) is 13.8 Å². The topological polar surface area (TPSA) is 46.2 Å². The van der Waals surface area contributed by atoms with Crippen molar-refractivity contribution in [2.45, 2.75) is 64.4 Å². The van der Waals surface area contributed by atoms with Crippen LogP contribution in [0.1, 0.15) is 58.8 Å². The molecule has 0 bridgehead atoms. The van der Waals surface area contributed by atoms with Crippen LogP contribution < -0.4 is 5.73 Å². The minimum absolute atomic E-state index is 0.0256. The Hall–Kier alpha value is -0.0800. The van der Waals surface area contributed by atoms with Crippen LogP contribution in [0.15, 0.2) is 0 Å². The number of rotatable bonds is 5. The molecule has 3 N–H and O–H groups in total. The van der Waals surface area contributed by atoms with E-state index in [9.17, 15) is 5.11 Å². The smallest absolute Gasteiger partial charge is 0.0713 e. The molecule has 1 saturated carbocycles. The summed E-state index contributed by atoms with van der Waals surface area (Å²) in [7, 11) is 0. The number of nitrogens with two attached hydrogens (primary N) is 1. The molecule has 2 nitrogen and oxygen atoms in total. The molecular formula is C12H25NO. The molecule has 0 aliphatic heterocycles. The molecule has 1 fully saturated rings. The van der Waals surface area contributed by atoms with Gasteiger partial charge in [-0.05, 0) is 25.7 Å². The highest BCUT2D eigenvalue weighted by molar-refractivity contribution is 5.01. The molecule has 14 heavy (non-hydrogen) atoms. The van der Waals surface area contributed by atoms with E-state index >= 15 is 0 Å². The van der Waals surface area contributed by atoms with E-state index in [1.54, 1.807) is 0 Å². The lowest BCUT2D eigenvalue weighted by molar-refractivity contribution is -0.0878. The molecule has 1 aliphatic rings. The summed E-state index contributed by atoms with van der Waals surface area (Å²) in [6.45, 7) is 4.88. The summed E-state index contributed by atoms with van der Waals surface area (Å²) in [6.07, 6.45) is 7.51. The Morgan fingerprint density at radius 1 is 1.29 bits per heavy atom. The first kappa shape index (κ1) is 12.0. The van der Waals surface area contributed by atoms with Gasteiger partial charge >= 0.3 is 0 Å². The summed E-state index contributed by atoms with van der Waals surface area (Å²) >= 11 is 0. The zero-order valence-corrected chi connectivity index (χ0v) is 9.68. The zero-order chi connectivity index (χ0) is 10.7. The second-order valence-corrected chi connectivity index (χ2v) is 4.83. The van der Waals surface area contributed by atoms with E-state index in [4.69, 9.17) is 5.73 Å². The predicted molar refractivity (Wildman–Crippen MR) is 60.1 cm³/mol. The van der Waals surface area contributed by atoms with Gasteiger partial charge < -0.3 is 10.8 Å². The maximum Gasteiger partial charge on any atom is 0.0713 e. The molecule has 1 rings (SSSR count). The average Bonchev–Trinajstić information content (AvgIpc) is 2.68. The quantitative estimate of drug-likeness (QED) is 0.714. The molecule has 0 spiro atoms. The average molecular weight is 199 g/mol. The SMILES string of the molecule is CCCC(O)(CC)C1(CN)CCCC1. The Morgan fingerprint density at radius 2 is 1.86 bits per heavy atom. The number of aliphatic hydroxyl groups is 1. The van der Waals surface area contributed by atoms with Gasteiger partial charge in [-0.1, -0.05) is 33.1 Å². The summed E-state index contributed by atoms with van der Waals surface area (Å²) < 4.78 is 0. The van der Waals surface area contributed by atoms with Crippen molar-refractivity contribution in [1.29, 1.82) is 0 Å². The Balaban J connectivity index is 2.82. The molecule has 0 aromatic rings. The fourth-order valence-corrected chi connectivity index (χ4v) is 3.14. The molecule has 0 heterocycles. The molecule has 1 aliphatic carbocycles. The fourth-order valence-electron chi connectivity index (χ4n) is 3.14. The summed E-state index contributed by atoms with van der Waals surface area (Å²) in [5.41, 5.74) is 5.42. The van der Waals surface area contributed by atoms with E-state index in [0.717, 1.165) is 32.1 Å². The number of hydrogen-bond donors (Lipinski definition) is 2. The lowest BCUT2D eigenvalue weighted by Crippen LogP contribution is -2.50. The van der Waals surface area contributed by atoms with Crippen LogP contribution in [0.25, 0.3) is 0 Å². The second-order valence-electron chi connectivity index (χ2n) is 4.83. The van der Waals surface area contributed by atoms with Crippen LogP contribution in [0.4, 0.5) is 0 Å². The second kappa shape index (κ2) is 4.63. The van der Waals surface area contributed by atoms with E-state index in [0.29, 0.717) is 6.54 Å². The van der Waals surface area contributed by atoms with Crippen molar-refractivity contribution in [2.24, 2.45) is 11.1 Å². The van der Waals surface area contributed by atoms with Gasteiger partial charge in [-0.2, -0.15) is 0 Å². The minimum atomic E-state index is -0.507. The van der Waals surface area contributed by atoms with Crippen LogP contribution in [0.5, 0.6) is 0 Å². The Kier molecular flexibility index (Phi) is 3.96. The van der Waals surface area contributed by atoms with Gasteiger partial charge in [-0.15, -0.1) is 0 Å². The first-order valence-electron chi connectivity index (χ1n) is 6.06. The largest absolute Gasteiger partial charge is 0.389 e. The van der Waals surface area contributed by atoms with Crippen molar-refractivity contribution in [3.05, 3.63) is 0 Å². The third-order valence-electron chi connectivity index (χ3n) is 4.19. The molecule has 0 saturated heterocycles. The van der Waals surface area contributed by atoms with Crippen molar-refractivity contribution in [2.75, 3.05) is 6.54 Å². The van der Waals surface area contributed by atoms with Crippen molar-refractivity contribution in [1.82, 2.24) is 0 Å². The molecule has 1 unspecified atom stereocenters. The third-order valence-corrected chi connectivity index (χ3v) is 4.19. The molecule has 0 amide bonds. The Morgan fingerprint density at radius 3 is 2.21 bits per heavy atom. The number of hydrogen-bond acceptors (Lipinski definition) is 2. The minimum Gasteiger partial charge on any atom is -0.389 e. The maximum atomic E-state index is 10.7. The zero-order valence-electron chi connectivity index (χ0n) is 9.68. The van der Waals surface area contributed by atoms with Crippen molar-refractivity contribution in [3.8, 4) is 0 Å². The van der Waals surface area contributed by atoms with Crippen molar-refractivity contribution < 1.29 is 5.11 Å². The van der Waals surface area contributed by atoms with E-state index < -0.39 is 5.60 Å². The van der Waals surface area contributed by atoms with Gasteiger partial charge in [0, 0.05) is 12.0 Å². The summed E-state index contributed by atoms with van der Waals surface area (Å²) in [5.74, 6) is 0. The molecule has 84 valence electrons. The van der Waals surface area contributed by atoms with Gasteiger partial charge in [0.2, 0.25) is 0 Å². The van der Waals surface area contributed by atoms with Crippen LogP contribution >= 0.6 is 0 Å². The monoisotopic (exact) mass is 199 g/mol. The highest BCUT2D eigenvalue weighted by Gasteiger charge is 2.48. The highest BCUT2D eigenvalue weighted by atomic mass is 16.3. The van der Waals surface area contributed by atoms with Gasteiger partial charge in [0.25, 0.3) is 0 Å². The molecule has 2 heteroatoms. The fraction of sp³-hybridized carbons (Fsp3) is 1.00.